The summed E-state index contributed by atoms with van der Waals surface area (Å²) < 4.78 is 0.736. The van der Waals surface area contributed by atoms with Gasteiger partial charge in [-0.25, -0.2) is 0 Å². The van der Waals surface area contributed by atoms with Crippen LogP contribution in [0.1, 0.15) is 18.7 Å². The SMILES string of the molecule is CC(O)c1ncc(Cl)cc1Br. The zero-order valence-electron chi connectivity index (χ0n) is 5.88. The molecule has 0 amide bonds. The first-order valence-electron chi connectivity index (χ1n) is 3.10. The predicted octanol–water partition coefficient (Wildman–Crippen LogP) is 2.55. The van der Waals surface area contributed by atoms with Gasteiger partial charge in [0.05, 0.1) is 16.8 Å². The van der Waals surface area contributed by atoms with E-state index >= 15 is 0 Å². The summed E-state index contributed by atoms with van der Waals surface area (Å²) >= 11 is 8.89. The summed E-state index contributed by atoms with van der Waals surface area (Å²) in [4.78, 5) is 3.95. The maximum Gasteiger partial charge on any atom is 0.0943 e. The Balaban J connectivity index is 3.09. The molecule has 1 atom stereocenters. The molecule has 1 unspecified atom stereocenters. The molecule has 0 aliphatic carbocycles. The second-order valence-electron chi connectivity index (χ2n) is 2.20. The maximum atomic E-state index is 9.16. The molecule has 0 aliphatic rings. The van der Waals surface area contributed by atoms with E-state index in [1.54, 1.807) is 13.0 Å². The molecule has 0 radical (unpaired) electrons. The highest BCUT2D eigenvalue weighted by Gasteiger charge is 2.06. The predicted molar refractivity (Wildman–Crippen MR) is 47.6 cm³/mol. The molecule has 4 heteroatoms. The van der Waals surface area contributed by atoms with E-state index in [-0.39, 0.29) is 0 Å². The Kier molecular flexibility index (Phi) is 2.87. The Labute approximate surface area is 78.3 Å². The lowest BCUT2D eigenvalue weighted by Crippen LogP contribution is -1.95. The number of hydrogen-bond donors (Lipinski definition) is 1. The molecule has 1 heterocycles. The Morgan fingerprint density at radius 1 is 1.73 bits per heavy atom. The lowest BCUT2D eigenvalue weighted by molar-refractivity contribution is 0.193. The molecule has 0 saturated heterocycles. The van der Waals surface area contributed by atoms with E-state index in [0.29, 0.717) is 10.7 Å². The number of nitrogens with zero attached hydrogens (tertiary/aromatic N) is 1. The van der Waals surface area contributed by atoms with Gasteiger partial charge in [0.15, 0.2) is 0 Å². The zero-order chi connectivity index (χ0) is 8.43. The summed E-state index contributed by atoms with van der Waals surface area (Å²) in [6.07, 6.45) is 0.940. The van der Waals surface area contributed by atoms with Crippen molar-refractivity contribution >= 4 is 27.5 Å². The van der Waals surface area contributed by atoms with Crippen molar-refractivity contribution in [2.24, 2.45) is 0 Å². The van der Waals surface area contributed by atoms with E-state index in [1.807, 2.05) is 0 Å². The summed E-state index contributed by atoms with van der Waals surface area (Å²) in [7, 11) is 0. The number of aliphatic hydroxyl groups is 1. The topological polar surface area (TPSA) is 33.1 Å². The smallest absolute Gasteiger partial charge is 0.0943 e. The minimum atomic E-state index is -0.568. The standard InChI is InChI=1S/C7H7BrClNO/c1-4(11)7-6(8)2-5(9)3-10-7/h2-4,11H,1H3. The molecule has 11 heavy (non-hydrogen) atoms. The Morgan fingerprint density at radius 3 is 2.82 bits per heavy atom. The van der Waals surface area contributed by atoms with Crippen LogP contribution in [-0.4, -0.2) is 10.1 Å². The lowest BCUT2D eigenvalue weighted by atomic mass is 10.2. The van der Waals surface area contributed by atoms with Crippen molar-refractivity contribution in [1.29, 1.82) is 0 Å². The number of halogens is 2. The Morgan fingerprint density at radius 2 is 2.36 bits per heavy atom. The van der Waals surface area contributed by atoms with E-state index in [9.17, 15) is 0 Å². The van der Waals surface area contributed by atoms with Gasteiger partial charge in [0.25, 0.3) is 0 Å². The third kappa shape index (κ3) is 2.15. The van der Waals surface area contributed by atoms with Crippen LogP contribution < -0.4 is 0 Å². The molecule has 0 spiro atoms. The third-order valence-corrected chi connectivity index (χ3v) is 2.07. The highest BCUT2D eigenvalue weighted by Crippen LogP contribution is 2.23. The van der Waals surface area contributed by atoms with Crippen molar-refractivity contribution in [2.45, 2.75) is 13.0 Å². The van der Waals surface area contributed by atoms with Crippen LogP contribution in [0.3, 0.4) is 0 Å². The molecule has 0 fully saturated rings. The zero-order valence-corrected chi connectivity index (χ0v) is 8.22. The van der Waals surface area contributed by atoms with Crippen LogP contribution in [0.15, 0.2) is 16.7 Å². The van der Waals surface area contributed by atoms with Crippen molar-refractivity contribution in [2.75, 3.05) is 0 Å². The van der Waals surface area contributed by atoms with Gasteiger partial charge in [0.1, 0.15) is 0 Å². The monoisotopic (exact) mass is 235 g/mol. The fourth-order valence-corrected chi connectivity index (χ4v) is 1.70. The van der Waals surface area contributed by atoms with Crippen LogP contribution in [0.5, 0.6) is 0 Å². The van der Waals surface area contributed by atoms with Gasteiger partial charge in [-0.15, -0.1) is 0 Å². The number of aliphatic hydroxyl groups excluding tert-OH is 1. The maximum absolute atomic E-state index is 9.16. The average Bonchev–Trinajstić information content (AvgIpc) is 1.85. The number of pyridine rings is 1. The van der Waals surface area contributed by atoms with Gasteiger partial charge >= 0.3 is 0 Å². The molecular weight excluding hydrogens is 229 g/mol. The number of hydrogen-bond acceptors (Lipinski definition) is 2. The highest BCUT2D eigenvalue weighted by atomic mass is 79.9. The second-order valence-corrected chi connectivity index (χ2v) is 3.49. The fraction of sp³-hybridized carbons (Fsp3) is 0.286. The molecule has 1 aromatic rings. The van der Waals surface area contributed by atoms with E-state index in [4.69, 9.17) is 16.7 Å². The van der Waals surface area contributed by atoms with Crippen molar-refractivity contribution < 1.29 is 5.11 Å². The number of aromatic nitrogens is 1. The summed E-state index contributed by atoms with van der Waals surface area (Å²) in [5.41, 5.74) is 0.606. The van der Waals surface area contributed by atoms with Gasteiger partial charge in [-0.3, -0.25) is 4.98 Å². The first-order valence-corrected chi connectivity index (χ1v) is 4.27. The van der Waals surface area contributed by atoms with Gasteiger partial charge in [0, 0.05) is 10.7 Å². The van der Waals surface area contributed by atoms with E-state index in [2.05, 4.69) is 20.9 Å². The van der Waals surface area contributed by atoms with E-state index in [1.165, 1.54) is 6.20 Å². The quantitative estimate of drug-likeness (QED) is 0.813. The molecule has 1 rings (SSSR count). The van der Waals surface area contributed by atoms with E-state index in [0.717, 1.165) is 4.47 Å². The van der Waals surface area contributed by atoms with Gasteiger partial charge < -0.3 is 5.11 Å². The van der Waals surface area contributed by atoms with Crippen molar-refractivity contribution in [1.82, 2.24) is 4.98 Å². The second kappa shape index (κ2) is 3.52. The van der Waals surface area contributed by atoms with Crippen LogP contribution in [0.2, 0.25) is 5.02 Å². The van der Waals surface area contributed by atoms with Crippen molar-refractivity contribution in [3.05, 3.63) is 27.5 Å². The Hall–Kier alpha value is -0.120. The minimum absolute atomic E-state index is 0.557. The number of rotatable bonds is 1. The molecule has 2 nitrogen and oxygen atoms in total. The van der Waals surface area contributed by atoms with Crippen LogP contribution in [0, 0.1) is 0 Å². The first kappa shape index (κ1) is 8.97. The van der Waals surface area contributed by atoms with Gasteiger partial charge in [-0.1, -0.05) is 11.6 Å². The van der Waals surface area contributed by atoms with Gasteiger partial charge in [-0.2, -0.15) is 0 Å². The van der Waals surface area contributed by atoms with Crippen LogP contribution in [-0.2, 0) is 0 Å². The minimum Gasteiger partial charge on any atom is -0.387 e. The molecular formula is C7H7BrClNO. The molecule has 1 aromatic heterocycles. The van der Waals surface area contributed by atoms with Crippen molar-refractivity contribution in [3.8, 4) is 0 Å². The summed E-state index contributed by atoms with van der Waals surface area (Å²) in [5.74, 6) is 0. The van der Waals surface area contributed by atoms with Crippen LogP contribution >= 0.6 is 27.5 Å². The summed E-state index contributed by atoms with van der Waals surface area (Å²) in [5, 5.41) is 9.72. The van der Waals surface area contributed by atoms with E-state index < -0.39 is 6.10 Å². The van der Waals surface area contributed by atoms with Gasteiger partial charge in [-0.05, 0) is 28.9 Å². The largest absolute Gasteiger partial charge is 0.387 e. The molecule has 0 saturated carbocycles. The molecule has 0 aromatic carbocycles. The fourth-order valence-electron chi connectivity index (χ4n) is 0.733. The molecule has 0 bridgehead atoms. The first-order chi connectivity index (χ1) is 5.11. The van der Waals surface area contributed by atoms with Crippen LogP contribution in [0.25, 0.3) is 0 Å². The molecule has 1 N–H and O–H groups in total. The van der Waals surface area contributed by atoms with Crippen molar-refractivity contribution in [3.63, 3.8) is 0 Å². The van der Waals surface area contributed by atoms with Crippen LogP contribution in [0.4, 0.5) is 0 Å². The molecule has 60 valence electrons. The Bertz CT molecular complexity index is 265. The third-order valence-electron chi connectivity index (χ3n) is 1.23. The highest BCUT2D eigenvalue weighted by molar-refractivity contribution is 9.10. The molecule has 0 aliphatic heterocycles. The summed E-state index contributed by atoms with van der Waals surface area (Å²) in [6.45, 7) is 1.65. The normalized spacial score (nSPS) is 13.1. The summed E-state index contributed by atoms with van der Waals surface area (Å²) in [6, 6.07) is 1.70. The lowest BCUT2D eigenvalue weighted by Gasteiger charge is -2.05. The average molecular weight is 236 g/mol. The van der Waals surface area contributed by atoms with Gasteiger partial charge in [0.2, 0.25) is 0 Å².